The molecule has 0 saturated heterocycles. The van der Waals surface area contributed by atoms with E-state index in [4.69, 9.17) is 9.47 Å². The minimum Gasteiger partial charge on any atom is -0.493 e. The molecule has 0 spiro atoms. The summed E-state index contributed by atoms with van der Waals surface area (Å²) in [7, 11) is 0. The highest BCUT2D eigenvalue weighted by Crippen LogP contribution is 2.22. The molecule has 0 aliphatic carbocycles. The lowest BCUT2D eigenvalue weighted by atomic mass is 10.1. The van der Waals surface area contributed by atoms with Gasteiger partial charge in [-0.15, -0.1) is 0 Å². The van der Waals surface area contributed by atoms with Gasteiger partial charge in [0.05, 0.1) is 6.61 Å². The van der Waals surface area contributed by atoms with Crippen LogP contribution >= 0.6 is 0 Å². The summed E-state index contributed by atoms with van der Waals surface area (Å²) >= 11 is 0. The summed E-state index contributed by atoms with van der Waals surface area (Å²) in [4.78, 5) is 12.2. The SMILES string of the molecule is CCCOc1ccccc1/C=C(\C#N)C(=O)Oc1cccc(C)c1. The van der Waals surface area contributed by atoms with Crippen molar-refractivity contribution >= 4 is 12.0 Å². The number of benzene rings is 2. The zero-order valence-corrected chi connectivity index (χ0v) is 13.8. The quantitative estimate of drug-likeness (QED) is 0.344. The van der Waals surface area contributed by atoms with Gasteiger partial charge in [0.1, 0.15) is 23.1 Å². The number of aryl methyl sites for hydroxylation is 1. The summed E-state index contributed by atoms with van der Waals surface area (Å²) in [6.45, 7) is 4.48. The number of nitriles is 1. The molecule has 0 radical (unpaired) electrons. The molecule has 2 aromatic rings. The van der Waals surface area contributed by atoms with Crippen LogP contribution in [0.25, 0.3) is 6.08 Å². The molecule has 0 N–H and O–H groups in total. The van der Waals surface area contributed by atoms with Gasteiger partial charge in [0, 0.05) is 5.56 Å². The maximum atomic E-state index is 12.2. The van der Waals surface area contributed by atoms with Crippen molar-refractivity contribution in [3.8, 4) is 17.6 Å². The minimum absolute atomic E-state index is 0.0796. The monoisotopic (exact) mass is 321 g/mol. The third kappa shape index (κ3) is 4.72. The Morgan fingerprint density at radius 3 is 2.71 bits per heavy atom. The molecule has 4 nitrogen and oxygen atoms in total. The molecular formula is C20H19NO3. The van der Waals surface area contributed by atoms with Crippen molar-refractivity contribution in [3.63, 3.8) is 0 Å². The lowest BCUT2D eigenvalue weighted by Crippen LogP contribution is -2.10. The molecule has 0 unspecified atom stereocenters. The first-order chi connectivity index (χ1) is 11.6. The number of ether oxygens (including phenoxy) is 2. The Balaban J connectivity index is 2.23. The molecule has 2 aromatic carbocycles. The van der Waals surface area contributed by atoms with Gasteiger partial charge in [-0.1, -0.05) is 37.3 Å². The molecule has 2 rings (SSSR count). The van der Waals surface area contributed by atoms with Gasteiger partial charge in [-0.05, 0) is 43.2 Å². The normalized spacial score (nSPS) is 10.8. The van der Waals surface area contributed by atoms with Crippen molar-refractivity contribution < 1.29 is 14.3 Å². The second-order valence-corrected chi connectivity index (χ2v) is 5.26. The largest absolute Gasteiger partial charge is 0.493 e. The van der Waals surface area contributed by atoms with Crippen LogP contribution in [0.15, 0.2) is 54.1 Å². The van der Waals surface area contributed by atoms with E-state index in [1.807, 2.05) is 44.2 Å². The highest BCUT2D eigenvalue weighted by Gasteiger charge is 2.13. The number of hydrogen-bond acceptors (Lipinski definition) is 4. The van der Waals surface area contributed by atoms with Crippen molar-refractivity contribution in [2.24, 2.45) is 0 Å². The van der Waals surface area contributed by atoms with Crippen LogP contribution in [-0.2, 0) is 4.79 Å². The molecule has 0 fully saturated rings. The summed E-state index contributed by atoms with van der Waals surface area (Å²) in [5.74, 6) is 0.362. The van der Waals surface area contributed by atoms with Crippen LogP contribution in [0.1, 0.15) is 24.5 Å². The van der Waals surface area contributed by atoms with Crippen LogP contribution in [0.5, 0.6) is 11.5 Å². The highest BCUT2D eigenvalue weighted by atomic mass is 16.5. The number of carbonyl (C=O) groups is 1. The maximum absolute atomic E-state index is 12.2. The molecule has 122 valence electrons. The van der Waals surface area contributed by atoms with Crippen molar-refractivity contribution in [1.29, 1.82) is 5.26 Å². The van der Waals surface area contributed by atoms with Gasteiger partial charge < -0.3 is 9.47 Å². The average molecular weight is 321 g/mol. The van der Waals surface area contributed by atoms with E-state index in [9.17, 15) is 10.1 Å². The molecule has 0 aliphatic heterocycles. The van der Waals surface area contributed by atoms with E-state index in [0.717, 1.165) is 12.0 Å². The number of esters is 1. The predicted molar refractivity (Wildman–Crippen MR) is 92.6 cm³/mol. The smallest absolute Gasteiger partial charge is 0.354 e. The Hall–Kier alpha value is -3.06. The van der Waals surface area contributed by atoms with Crippen molar-refractivity contribution in [2.45, 2.75) is 20.3 Å². The van der Waals surface area contributed by atoms with E-state index >= 15 is 0 Å². The highest BCUT2D eigenvalue weighted by molar-refractivity contribution is 5.99. The van der Waals surface area contributed by atoms with E-state index in [-0.39, 0.29) is 5.57 Å². The van der Waals surface area contributed by atoms with Gasteiger partial charge in [-0.3, -0.25) is 0 Å². The molecular weight excluding hydrogens is 302 g/mol. The van der Waals surface area contributed by atoms with Gasteiger partial charge in [0.25, 0.3) is 0 Å². The van der Waals surface area contributed by atoms with E-state index < -0.39 is 5.97 Å². The van der Waals surface area contributed by atoms with Crippen LogP contribution in [0.2, 0.25) is 0 Å². The molecule has 0 atom stereocenters. The Bertz CT molecular complexity index is 787. The number of carbonyl (C=O) groups excluding carboxylic acids is 1. The molecule has 0 aromatic heterocycles. The van der Waals surface area contributed by atoms with Gasteiger partial charge in [-0.25, -0.2) is 4.79 Å². The predicted octanol–water partition coefficient (Wildman–Crippen LogP) is 4.30. The van der Waals surface area contributed by atoms with Gasteiger partial charge in [-0.2, -0.15) is 5.26 Å². The molecule has 0 amide bonds. The lowest BCUT2D eigenvalue weighted by Gasteiger charge is -2.08. The van der Waals surface area contributed by atoms with E-state index in [0.29, 0.717) is 23.7 Å². The summed E-state index contributed by atoms with van der Waals surface area (Å²) < 4.78 is 10.9. The Morgan fingerprint density at radius 1 is 1.21 bits per heavy atom. The van der Waals surface area contributed by atoms with E-state index in [1.165, 1.54) is 6.08 Å². The average Bonchev–Trinajstić information content (AvgIpc) is 2.58. The molecule has 0 bridgehead atoms. The second kappa shape index (κ2) is 8.54. The second-order valence-electron chi connectivity index (χ2n) is 5.26. The first kappa shape index (κ1) is 17.3. The summed E-state index contributed by atoms with van der Waals surface area (Å²) in [6.07, 6.45) is 2.36. The topological polar surface area (TPSA) is 59.3 Å². The van der Waals surface area contributed by atoms with Crippen LogP contribution in [-0.4, -0.2) is 12.6 Å². The van der Waals surface area contributed by atoms with Crippen molar-refractivity contribution in [3.05, 3.63) is 65.2 Å². The first-order valence-corrected chi connectivity index (χ1v) is 7.76. The zero-order chi connectivity index (χ0) is 17.4. The number of rotatable bonds is 6. The van der Waals surface area contributed by atoms with Gasteiger partial charge in [0.15, 0.2) is 0 Å². The molecule has 4 heteroatoms. The van der Waals surface area contributed by atoms with Crippen LogP contribution < -0.4 is 9.47 Å². The molecule has 24 heavy (non-hydrogen) atoms. The lowest BCUT2D eigenvalue weighted by molar-refractivity contribution is -0.129. The van der Waals surface area contributed by atoms with Crippen LogP contribution in [0, 0.1) is 18.3 Å². The van der Waals surface area contributed by atoms with Crippen LogP contribution in [0.4, 0.5) is 0 Å². The Labute approximate surface area is 141 Å². The number of nitrogens with zero attached hydrogens (tertiary/aromatic N) is 1. The van der Waals surface area contributed by atoms with Gasteiger partial charge in [0.2, 0.25) is 0 Å². The van der Waals surface area contributed by atoms with E-state index in [1.54, 1.807) is 24.3 Å². The third-order valence-electron chi connectivity index (χ3n) is 3.22. The maximum Gasteiger partial charge on any atom is 0.354 e. The molecule has 0 heterocycles. The number of hydrogen-bond donors (Lipinski definition) is 0. The summed E-state index contributed by atoms with van der Waals surface area (Å²) in [5, 5.41) is 9.30. The summed E-state index contributed by atoms with van der Waals surface area (Å²) in [6, 6.07) is 16.3. The van der Waals surface area contributed by atoms with E-state index in [2.05, 4.69) is 0 Å². The first-order valence-electron chi connectivity index (χ1n) is 7.76. The van der Waals surface area contributed by atoms with Crippen molar-refractivity contribution in [1.82, 2.24) is 0 Å². The van der Waals surface area contributed by atoms with Gasteiger partial charge >= 0.3 is 5.97 Å². The zero-order valence-electron chi connectivity index (χ0n) is 13.8. The fourth-order valence-corrected chi connectivity index (χ4v) is 2.08. The summed E-state index contributed by atoms with van der Waals surface area (Å²) in [5.41, 5.74) is 1.56. The fraction of sp³-hybridized carbons (Fsp3) is 0.200. The Kier molecular flexibility index (Phi) is 6.16. The number of para-hydroxylation sites is 1. The third-order valence-corrected chi connectivity index (χ3v) is 3.22. The Morgan fingerprint density at radius 2 is 2.00 bits per heavy atom. The van der Waals surface area contributed by atoms with Crippen molar-refractivity contribution in [2.75, 3.05) is 6.61 Å². The van der Waals surface area contributed by atoms with Crippen LogP contribution in [0.3, 0.4) is 0 Å². The standard InChI is InChI=1S/C20H19NO3/c1-3-11-23-19-10-5-4-8-16(19)13-17(14-21)20(22)24-18-9-6-7-15(2)12-18/h4-10,12-13H,3,11H2,1-2H3/b17-13+. The fourth-order valence-electron chi connectivity index (χ4n) is 2.08. The minimum atomic E-state index is -0.687. The molecule has 0 saturated carbocycles. The molecule has 0 aliphatic rings.